The molecule has 0 aliphatic rings. The molecule has 0 fully saturated rings. The molecule has 8 heteroatoms. The summed E-state index contributed by atoms with van der Waals surface area (Å²) in [5.74, 6) is 1.77. The predicted octanol–water partition coefficient (Wildman–Crippen LogP) is 1.85. The second-order valence-electron chi connectivity index (χ2n) is 4.71. The first-order valence-electron chi connectivity index (χ1n) is 6.66. The quantitative estimate of drug-likeness (QED) is 0.573. The van der Waals surface area contributed by atoms with Gasteiger partial charge in [-0.15, -0.1) is 0 Å². The second-order valence-corrected chi connectivity index (χ2v) is 4.71. The van der Waals surface area contributed by atoms with E-state index < -0.39 is 4.92 Å². The van der Waals surface area contributed by atoms with E-state index in [1.807, 2.05) is 24.3 Å². The van der Waals surface area contributed by atoms with Crippen molar-refractivity contribution >= 4 is 11.6 Å². The molecule has 1 heterocycles. The fourth-order valence-electron chi connectivity index (χ4n) is 2.06. The van der Waals surface area contributed by atoms with Crippen LogP contribution >= 0.6 is 0 Å². The molecule has 118 valence electrons. The van der Waals surface area contributed by atoms with Crippen LogP contribution in [0.4, 0.5) is 11.6 Å². The highest BCUT2D eigenvalue weighted by Gasteiger charge is 2.23. The molecule has 8 nitrogen and oxygen atoms in total. The lowest BCUT2D eigenvalue weighted by atomic mass is 10.3. The molecule has 0 spiro atoms. The first-order valence-corrected chi connectivity index (χ1v) is 6.66. The molecule has 0 saturated heterocycles. The molecule has 1 aromatic heterocycles. The Balaban J connectivity index is 1.94. The van der Waals surface area contributed by atoms with Gasteiger partial charge in [0.2, 0.25) is 12.1 Å². The summed E-state index contributed by atoms with van der Waals surface area (Å²) < 4.78 is 12.3. The van der Waals surface area contributed by atoms with Crippen LogP contribution in [0.25, 0.3) is 0 Å². The van der Waals surface area contributed by atoms with E-state index in [9.17, 15) is 10.1 Å². The van der Waals surface area contributed by atoms with Gasteiger partial charge in [-0.2, -0.15) is 0 Å². The minimum atomic E-state index is -0.490. The Morgan fingerprint density at radius 3 is 2.55 bits per heavy atom. The van der Waals surface area contributed by atoms with Gasteiger partial charge in [-0.3, -0.25) is 4.57 Å². The van der Waals surface area contributed by atoms with Crippen LogP contribution in [-0.4, -0.2) is 41.8 Å². The van der Waals surface area contributed by atoms with Crippen molar-refractivity contribution in [1.82, 2.24) is 9.55 Å². The predicted molar refractivity (Wildman–Crippen MR) is 81.6 cm³/mol. The lowest BCUT2D eigenvalue weighted by Gasteiger charge is -2.18. The zero-order chi connectivity index (χ0) is 16.1. The van der Waals surface area contributed by atoms with Gasteiger partial charge in [0.15, 0.2) is 0 Å². The summed E-state index contributed by atoms with van der Waals surface area (Å²) in [5, 5.41) is 11.0. The summed E-state index contributed by atoms with van der Waals surface area (Å²) in [4.78, 5) is 16.0. The molecule has 0 amide bonds. The molecule has 0 saturated carbocycles. The Hall–Kier alpha value is -2.77. The molecular formula is C14H18N4O4. The first-order chi connectivity index (χ1) is 10.5. The lowest BCUT2D eigenvalue weighted by molar-refractivity contribution is -0.388. The van der Waals surface area contributed by atoms with E-state index in [0.717, 1.165) is 5.75 Å². The van der Waals surface area contributed by atoms with E-state index in [0.29, 0.717) is 24.7 Å². The number of anilines is 1. The third-order valence-corrected chi connectivity index (χ3v) is 3.18. The molecule has 2 rings (SSSR count). The number of aryl methyl sites for hydroxylation is 1. The van der Waals surface area contributed by atoms with Crippen molar-refractivity contribution < 1.29 is 14.4 Å². The molecular weight excluding hydrogens is 288 g/mol. The van der Waals surface area contributed by atoms with Gasteiger partial charge in [-0.1, -0.05) is 0 Å². The Bertz CT molecular complexity index is 639. The molecule has 1 aromatic carbocycles. The number of methoxy groups -OCH3 is 1. The lowest BCUT2D eigenvalue weighted by Crippen LogP contribution is -2.26. The molecule has 0 aliphatic carbocycles. The maximum Gasteiger partial charge on any atom is 0.406 e. The van der Waals surface area contributed by atoms with Crippen molar-refractivity contribution in [3.05, 3.63) is 40.7 Å². The zero-order valence-corrected chi connectivity index (χ0v) is 12.7. The average Bonchev–Trinajstić information content (AvgIpc) is 2.90. The largest absolute Gasteiger partial charge is 0.497 e. The van der Waals surface area contributed by atoms with E-state index in [1.54, 1.807) is 30.7 Å². The van der Waals surface area contributed by atoms with Gasteiger partial charge in [0.1, 0.15) is 18.1 Å². The number of benzene rings is 1. The molecule has 0 aliphatic heterocycles. The summed E-state index contributed by atoms with van der Waals surface area (Å²) in [6, 6.07) is 7.24. The van der Waals surface area contributed by atoms with Crippen LogP contribution in [0.1, 0.15) is 0 Å². The van der Waals surface area contributed by atoms with Crippen LogP contribution in [-0.2, 0) is 7.05 Å². The van der Waals surface area contributed by atoms with Gasteiger partial charge in [0, 0.05) is 14.1 Å². The fraction of sp³-hybridized carbons (Fsp3) is 0.357. The van der Waals surface area contributed by atoms with Crippen molar-refractivity contribution in [3.63, 3.8) is 0 Å². The van der Waals surface area contributed by atoms with Crippen molar-refractivity contribution in [3.8, 4) is 11.5 Å². The monoisotopic (exact) mass is 306 g/mol. The van der Waals surface area contributed by atoms with Gasteiger partial charge >= 0.3 is 5.82 Å². The number of ether oxygens (including phenoxy) is 2. The third kappa shape index (κ3) is 3.46. The summed E-state index contributed by atoms with van der Waals surface area (Å²) in [6.45, 7) is 0.886. The molecule has 0 radical (unpaired) electrons. The number of nitrogens with zero attached hydrogens (tertiary/aromatic N) is 4. The highest BCUT2D eigenvalue weighted by Crippen LogP contribution is 2.24. The Morgan fingerprint density at radius 2 is 1.95 bits per heavy atom. The normalized spacial score (nSPS) is 10.3. The number of nitro groups is 1. The van der Waals surface area contributed by atoms with Gasteiger partial charge in [0.25, 0.3) is 0 Å². The number of hydrogen-bond donors (Lipinski definition) is 0. The van der Waals surface area contributed by atoms with E-state index in [2.05, 4.69) is 4.98 Å². The maximum atomic E-state index is 11.0. The molecule has 0 N–H and O–H groups in total. The third-order valence-electron chi connectivity index (χ3n) is 3.18. The highest BCUT2D eigenvalue weighted by molar-refractivity contribution is 5.53. The number of aromatic nitrogens is 2. The summed E-state index contributed by atoms with van der Waals surface area (Å²) in [6.07, 6.45) is 1.42. The summed E-state index contributed by atoms with van der Waals surface area (Å²) in [7, 11) is 5.09. The van der Waals surface area contributed by atoms with E-state index in [-0.39, 0.29) is 5.82 Å². The smallest absolute Gasteiger partial charge is 0.406 e. The van der Waals surface area contributed by atoms with Gasteiger partial charge in [0.05, 0.1) is 13.7 Å². The fourth-order valence-corrected chi connectivity index (χ4v) is 2.06. The SMILES string of the molecule is COc1ccc(OCCN(C)c2c([N+](=O)[O-])ncn2C)cc1. The number of likely N-dealkylation sites (N-methyl/N-ethyl adjacent to an activating group) is 1. The van der Waals surface area contributed by atoms with Crippen LogP contribution in [0.3, 0.4) is 0 Å². The van der Waals surface area contributed by atoms with Crippen molar-refractivity contribution in [2.75, 3.05) is 32.2 Å². The average molecular weight is 306 g/mol. The topological polar surface area (TPSA) is 82.7 Å². The Kier molecular flexibility index (Phi) is 4.82. The first kappa shape index (κ1) is 15.6. The van der Waals surface area contributed by atoms with E-state index in [4.69, 9.17) is 9.47 Å². The Morgan fingerprint density at radius 1 is 1.32 bits per heavy atom. The van der Waals surface area contributed by atoms with Crippen LogP contribution in [0, 0.1) is 10.1 Å². The van der Waals surface area contributed by atoms with Crippen LogP contribution in [0.5, 0.6) is 11.5 Å². The summed E-state index contributed by atoms with van der Waals surface area (Å²) >= 11 is 0. The zero-order valence-electron chi connectivity index (χ0n) is 12.7. The number of hydrogen-bond acceptors (Lipinski definition) is 6. The van der Waals surface area contributed by atoms with Gasteiger partial charge in [-0.25, -0.2) is 0 Å². The van der Waals surface area contributed by atoms with Gasteiger partial charge < -0.3 is 24.5 Å². The number of imidazole rings is 1. The second kappa shape index (κ2) is 6.79. The minimum Gasteiger partial charge on any atom is -0.497 e. The van der Waals surface area contributed by atoms with Crippen LogP contribution in [0.2, 0.25) is 0 Å². The van der Waals surface area contributed by atoms with E-state index >= 15 is 0 Å². The van der Waals surface area contributed by atoms with Crippen LogP contribution < -0.4 is 14.4 Å². The standard InChI is InChI=1S/C14H18N4O4/c1-16(14-13(18(19)20)15-10-17(14)2)8-9-22-12-6-4-11(21-3)5-7-12/h4-7,10H,8-9H2,1-3H3. The van der Waals surface area contributed by atoms with Gasteiger partial charge in [-0.05, 0) is 34.2 Å². The molecule has 0 unspecified atom stereocenters. The van der Waals surface area contributed by atoms with Crippen molar-refractivity contribution in [2.24, 2.45) is 7.05 Å². The minimum absolute atomic E-state index is 0.158. The molecule has 0 atom stereocenters. The van der Waals surface area contributed by atoms with E-state index in [1.165, 1.54) is 6.33 Å². The number of rotatable bonds is 7. The highest BCUT2D eigenvalue weighted by atomic mass is 16.6. The Labute approximate surface area is 128 Å². The maximum absolute atomic E-state index is 11.0. The van der Waals surface area contributed by atoms with Crippen molar-refractivity contribution in [1.29, 1.82) is 0 Å². The van der Waals surface area contributed by atoms with Crippen molar-refractivity contribution in [2.45, 2.75) is 0 Å². The summed E-state index contributed by atoms with van der Waals surface area (Å²) in [5.41, 5.74) is 0. The molecule has 22 heavy (non-hydrogen) atoms. The molecule has 0 bridgehead atoms. The molecule has 2 aromatic rings. The van der Waals surface area contributed by atoms with Crippen LogP contribution in [0.15, 0.2) is 30.6 Å².